The van der Waals surface area contributed by atoms with Gasteiger partial charge in [-0.2, -0.15) is 0 Å². The Labute approximate surface area is 220 Å². The number of carbonyl (C=O) groups is 2. The number of methoxy groups -OCH3 is 2. The number of fused-ring (bicyclic) bond motifs is 2. The molecular formula is C30H30FNO6. The molecule has 7 nitrogen and oxygen atoms in total. The van der Waals surface area contributed by atoms with Gasteiger partial charge in [0.15, 0.2) is 11.6 Å². The standard InChI is InChI=1S/C30H30FNO6/c1-16-10-26-22(7-8-32(26)30(35)18-11-19(36-3)13-20(12-18)37-4)28(23(16)15-27(33)34)24-14-25(31)29-21(17(24)2)6-5-9-38-29/h10-14H,5-9,15H2,1-4H3,(H,33,34). The normalized spacial score (nSPS) is 14.0. The maximum Gasteiger partial charge on any atom is 0.307 e. The Bertz CT molecular complexity index is 1440. The summed E-state index contributed by atoms with van der Waals surface area (Å²) in [7, 11) is 3.05. The fourth-order valence-corrected chi connectivity index (χ4v) is 5.64. The van der Waals surface area contributed by atoms with Gasteiger partial charge in [-0.25, -0.2) is 4.39 Å². The summed E-state index contributed by atoms with van der Waals surface area (Å²) >= 11 is 0. The number of aryl methyl sites for hydroxylation is 1. The van der Waals surface area contributed by atoms with Crippen molar-refractivity contribution in [2.45, 2.75) is 39.5 Å². The zero-order chi connectivity index (χ0) is 27.1. The van der Waals surface area contributed by atoms with Gasteiger partial charge >= 0.3 is 5.97 Å². The number of amides is 1. The summed E-state index contributed by atoms with van der Waals surface area (Å²) in [5, 5.41) is 9.73. The number of halogens is 1. The van der Waals surface area contributed by atoms with Crippen LogP contribution < -0.4 is 19.1 Å². The number of hydrogen-bond donors (Lipinski definition) is 1. The average molecular weight is 520 g/mol. The van der Waals surface area contributed by atoms with Crippen LogP contribution in [0, 0.1) is 19.7 Å². The Hall–Kier alpha value is -4.07. The van der Waals surface area contributed by atoms with Gasteiger partial charge < -0.3 is 24.2 Å². The van der Waals surface area contributed by atoms with E-state index in [4.69, 9.17) is 14.2 Å². The first kappa shape index (κ1) is 25.6. The molecule has 0 radical (unpaired) electrons. The highest BCUT2D eigenvalue weighted by molar-refractivity contribution is 6.08. The van der Waals surface area contributed by atoms with E-state index in [0.717, 1.165) is 28.7 Å². The third-order valence-corrected chi connectivity index (χ3v) is 7.50. The number of benzene rings is 3. The lowest BCUT2D eigenvalue weighted by molar-refractivity contribution is -0.136. The van der Waals surface area contributed by atoms with Crippen molar-refractivity contribution in [1.29, 1.82) is 0 Å². The number of nitrogens with zero attached hydrogens (tertiary/aromatic N) is 1. The summed E-state index contributed by atoms with van der Waals surface area (Å²) in [6, 6.07) is 8.35. The lowest BCUT2D eigenvalue weighted by Gasteiger charge is -2.25. The van der Waals surface area contributed by atoms with Gasteiger partial charge in [-0.15, -0.1) is 0 Å². The zero-order valence-corrected chi connectivity index (χ0v) is 21.9. The topological polar surface area (TPSA) is 85.3 Å². The van der Waals surface area contributed by atoms with E-state index in [2.05, 4.69) is 0 Å². The maximum atomic E-state index is 15.3. The van der Waals surface area contributed by atoms with E-state index in [9.17, 15) is 14.7 Å². The predicted molar refractivity (Wildman–Crippen MR) is 141 cm³/mol. The molecule has 0 saturated heterocycles. The highest BCUT2D eigenvalue weighted by atomic mass is 19.1. The number of carbonyl (C=O) groups excluding carboxylic acids is 1. The van der Waals surface area contributed by atoms with Crippen LogP contribution in [0.1, 0.15) is 44.6 Å². The third kappa shape index (κ3) is 4.34. The van der Waals surface area contributed by atoms with Crippen LogP contribution in [-0.4, -0.2) is 44.4 Å². The lowest BCUT2D eigenvalue weighted by atomic mass is 9.84. The first-order valence-corrected chi connectivity index (χ1v) is 12.6. The van der Waals surface area contributed by atoms with Crippen LogP contribution in [0.5, 0.6) is 17.2 Å². The Morgan fingerprint density at radius 2 is 1.74 bits per heavy atom. The van der Waals surface area contributed by atoms with E-state index in [-0.39, 0.29) is 18.1 Å². The van der Waals surface area contributed by atoms with Crippen LogP contribution in [0.4, 0.5) is 10.1 Å². The van der Waals surface area contributed by atoms with Crippen molar-refractivity contribution in [3.8, 4) is 28.4 Å². The van der Waals surface area contributed by atoms with Crippen molar-refractivity contribution >= 4 is 17.6 Å². The minimum atomic E-state index is -0.969. The number of carboxylic acid groups (broad SMARTS) is 1. The molecule has 5 rings (SSSR count). The minimum absolute atomic E-state index is 0.204. The van der Waals surface area contributed by atoms with Gasteiger partial charge in [-0.3, -0.25) is 9.59 Å². The predicted octanol–water partition coefficient (Wildman–Crippen LogP) is 5.28. The van der Waals surface area contributed by atoms with Crippen molar-refractivity contribution in [2.24, 2.45) is 0 Å². The number of ether oxygens (including phenoxy) is 3. The molecule has 0 aromatic heterocycles. The molecule has 198 valence electrons. The molecule has 8 heteroatoms. The number of anilines is 1. The SMILES string of the molecule is COc1cc(OC)cc(C(=O)N2CCc3c2cc(C)c(CC(=O)O)c3-c2cc(F)c3c(c2C)CCCO3)c1. The lowest BCUT2D eigenvalue weighted by Crippen LogP contribution is -2.29. The molecule has 38 heavy (non-hydrogen) atoms. The second-order valence-corrected chi connectivity index (χ2v) is 9.71. The molecule has 3 aromatic carbocycles. The molecule has 0 fully saturated rings. The molecule has 1 amide bonds. The largest absolute Gasteiger partial charge is 0.497 e. The number of rotatable bonds is 6. The molecular weight excluding hydrogens is 489 g/mol. The van der Waals surface area contributed by atoms with Gasteiger partial charge in [0.25, 0.3) is 5.91 Å². The van der Waals surface area contributed by atoms with Gasteiger partial charge in [-0.05, 0) is 90.8 Å². The van der Waals surface area contributed by atoms with E-state index in [1.165, 1.54) is 20.3 Å². The van der Waals surface area contributed by atoms with E-state index < -0.39 is 11.8 Å². The Morgan fingerprint density at radius 3 is 2.39 bits per heavy atom. The Kier molecular flexibility index (Phi) is 6.73. The van der Waals surface area contributed by atoms with Crippen LogP contribution in [0.3, 0.4) is 0 Å². The van der Waals surface area contributed by atoms with Gasteiger partial charge in [0.2, 0.25) is 0 Å². The summed E-state index contributed by atoms with van der Waals surface area (Å²) in [4.78, 5) is 27.3. The molecule has 2 aliphatic rings. The summed E-state index contributed by atoms with van der Waals surface area (Å²) in [5.41, 5.74) is 6.37. The van der Waals surface area contributed by atoms with Crippen molar-refractivity contribution in [1.82, 2.24) is 0 Å². The molecule has 3 aromatic rings. The fraction of sp³-hybridized carbons (Fsp3) is 0.333. The molecule has 0 atom stereocenters. The van der Waals surface area contributed by atoms with E-state index in [1.54, 1.807) is 23.1 Å². The molecule has 0 bridgehead atoms. The molecule has 0 aliphatic carbocycles. The van der Waals surface area contributed by atoms with Crippen molar-refractivity contribution in [2.75, 3.05) is 32.3 Å². The van der Waals surface area contributed by atoms with Crippen LogP contribution in [-0.2, 0) is 24.1 Å². The first-order chi connectivity index (χ1) is 18.2. The number of carboxylic acids is 1. The molecule has 2 heterocycles. The van der Waals surface area contributed by atoms with Crippen molar-refractivity contribution in [3.63, 3.8) is 0 Å². The maximum absolute atomic E-state index is 15.3. The van der Waals surface area contributed by atoms with Gasteiger partial charge in [-0.1, -0.05) is 0 Å². The van der Waals surface area contributed by atoms with Gasteiger partial charge in [0.1, 0.15) is 11.5 Å². The van der Waals surface area contributed by atoms with Crippen LogP contribution in [0.25, 0.3) is 11.1 Å². The average Bonchev–Trinajstić information content (AvgIpc) is 3.33. The zero-order valence-electron chi connectivity index (χ0n) is 21.9. The van der Waals surface area contributed by atoms with Gasteiger partial charge in [0.05, 0.1) is 27.2 Å². The third-order valence-electron chi connectivity index (χ3n) is 7.50. The molecule has 0 unspecified atom stereocenters. The first-order valence-electron chi connectivity index (χ1n) is 12.6. The van der Waals surface area contributed by atoms with Crippen LogP contribution >= 0.6 is 0 Å². The fourth-order valence-electron chi connectivity index (χ4n) is 5.64. The smallest absolute Gasteiger partial charge is 0.307 e. The van der Waals surface area contributed by atoms with Gasteiger partial charge in [0, 0.05) is 29.4 Å². The Morgan fingerprint density at radius 1 is 1.03 bits per heavy atom. The minimum Gasteiger partial charge on any atom is -0.497 e. The number of hydrogen-bond acceptors (Lipinski definition) is 5. The van der Waals surface area contributed by atoms with E-state index >= 15 is 4.39 Å². The second-order valence-electron chi connectivity index (χ2n) is 9.71. The summed E-state index contributed by atoms with van der Waals surface area (Å²) < 4.78 is 31.6. The second kappa shape index (κ2) is 10.0. The van der Waals surface area contributed by atoms with E-state index in [0.29, 0.717) is 65.4 Å². The number of aliphatic carboxylic acids is 1. The summed E-state index contributed by atoms with van der Waals surface area (Å²) in [6.07, 6.45) is 1.79. The highest BCUT2D eigenvalue weighted by Crippen LogP contribution is 2.45. The van der Waals surface area contributed by atoms with Crippen LogP contribution in [0.15, 0.2) is 30.3 Å². The quantitative estimate of drug-likeness (QED) is 0.477. The molecule has 0 spiro atoms. The van der Waals surface area contributed by atoms with Crippen LogP contribution in [0.2, 0.25) is 0 Å². The molecule has 0 saturated carbocycles. The molecule has 2 aliphatic heterocycles. The molecule has 1 N–H and O–H groups in total. The monoisotopic (exact) mass is 519 g/mol. The van der Waals surface area contributed by atoms with Crippen molar-refractivity contribution < 1.29 is 33.3 Å². The van der Waals surface area contributed by atoms with E-state index in [1.807, 2.05) is 19.9 Å². The summed E-state index contributed by atoms with van der Waals surface area (Å²) in [5.74, 6) is -0.356. The summed E-state index contributed by atoms with van der Waals surface area (Å²) in [6.45, 7) is 4.65. The Balaban J connectivity index is 1.69. The highest BCUT2D eigenvalue weighted by Gasteiger charge is 2.32. The van der Waals surface area contributed by atoms with Crippen molar-refractivity contribution in [3.05, 3.63) is 69.5 Å².